The predicted octanol–water partition coefficient (Wildman–Crippen LogP) is 2.36. The van der Waals surface area contributed by atoms with Crippen LogP contribution in [-0.2, 0) is 7.05 Å². The van der Waals surface area contributed by atoms with Gasteiger partial charge in [-0.05, 0) is 13.0 Å². The van der Waals surface area contributed by atoms with Gasteiger partial charge in [-0.1, -0.05) is 18.2 Å². The molecular formula is C11H11N3. The molecule has 3 heteroatoms. The van der Waals surface area contributed by atoms with E-state index in [-0.39, 0.29) is 0 Å². The van der Waals surface area contributed by atoms with Crippen molar-refractivity contribution in [2.75, 3.05) is 0 Å². The summed E-state index contributed by atoms with van der Waals surface area (Å²) in [7, 11) is 2.06. The molecule has 0 fully saturated rings. The van der Waals surface area contributed by atoms with Crippen LogP contribution in [0.5, 0.6) is 0 Å². The highest BCUT2D eigenvalue weighted by molar-refractivity contribution is 6.07. The number of rotatable bonds is 0. The lowest BCUT2D eigenvalue weighted by molar-refractivity contribution is 0.956. The quantitative estimate of drug-likeness (QED) is 0.573. The van der Waals surface area contributed by atoms with E-state index in [4.69, 9.17) is 0 Å². The van der Waals surface area contributed by atoms with Crippen molar-refractivity contribution in [3.63, 3.8) is 0 Å². The Morgan fingerprint density at radius 2 is 2.07 bits per heavy atom. The molecule has 0 bridgehead atoms. The van der Waals surface area contributed by atoms with Crippen LogP contribution in [0.2, 0.25) is 0 Å². The summed E-state index contributed by atoms with van der Waals surface area (Å²) in [6.07, 6.45) is 0. The van der Waals surface area contributed by atoms with Gasteiger partial charge in [-0.15, -0.1) is 0 Å². The number of nitrogens with zero attached hydrogens (tertiary/aromatic N) is 2. The van der Waals surface area contributed by atoms with E-state index in [1.807, 2.05) is 6.92 Å². The smallest absolute Gasteiger partial charge is 0.136 e. The fraction of sp³-hybridized carbons (Fsp3) is 0.182. The fourth-order valence-electron chi connectivity index (χ4n) is 2.08. The molecule has 70 valence electrons. The molecule has 0 saturated heterocycles. The molecule has 0 saturated carbocycles. The van der Waals surface area contributed by atoms with Crippen LogP contribution in [0.25, 0.3) is 21.9 Å². The summed E-state index contributed by atoms with van der Waals surface area (Å²) in [5, 5.41) is 9.79. The SMILES string of the molecule is Cc1n[nH]c2c1c1ccccc1n2C. The summed E-state index contributed by atoms with van der Waals surface area (Å²) in [6.45, 7) is 2.03. The Labute approximate surface area is 81.3 Å². The van der Waals surface area contributed by atoms with Crippen LogP contribution in [0.1, 0.15) is 5.69 Å². The van der Waals surface area contributed by atoms with Crippen molar-refractivity contribution in [1.29, 1.82) is 0 Å². The highest BCUT2D eigenvalue weighted by atomic mass is 15.2. The third kappa shape index (κ3) is 0.744. The van der Waals surface area contributed by atoms with Gasteiger partial charge in [-0.3, -0.25) is 5.10 Å². The molecule has 3 rings (SSSR count). The zero-order valence-electron chi connectivity index (χ0n) is 8.20. The molecule has 1 N–H and O–H groups in total. The second-order valence-corrected chi connectivity index (χ2v) is 3.61. The van der Waals surface area contributed by atoms with Crippen molar-refractivity contribution >= 4 is 21.9 Å². The van der Waals surface area contributed by atoms with E-state index >= 15 is 0 Å². The zero-order chi connectivity index (χ0) is 9.71. The topological polar surface area (TPSA) is 33.6 Å². The van der Waals surface area contributed by atoms with Crippen LogP contribution < -0.4 is 0 Å². The second-order valence-electron chi connectivity index (χ2n) is 3.61. The Morgan fingerprint density at radius 1 is 1.29 bits per heavy atom. The minimum atomic E-state index is 1.07. The van der Waals surface area contributed by atoms with E-state index in [0.29, 0.717) is 0 Å². The first kappa shape index (κ1) is 7.62. The van der Waals surface area contributed by atoms with Gasteiger partial charge < -0.3 is 4.57 Å². The van der Waals surface area contributed by atoms with Crippen LogP contribution in [0.3, 0.4) is 0 Å². The Balaban J connectivity index is 2.70. The minimum Gasteiger partial charge on any atom is -0.329 e. The normalized spacial score (nSPS) is 11.6. The molecule has 0 aliphatic carbocycles. The summed E-state index contributed by atoms with van der Waals surface area (Å²) in [5.41, 5.74) is 3.42. The first-order valence-electron chi connectivity index (χ1n) is 4.67. The number of aromatic nitrogens is 3. The van der Waals surface area contributed by atoms with Crippen molar-refractivity contribution in [1.82, 2.24) is 14.8 Å². The average Bonchev–Trinajstić information content (AvgIpc) is 2.70. The molecular weight excluding hydrogens is 174 g/mol. The molecule has 3 aromatic rings. The average molecular weight is 185 g/mol. The largest absolute Gasteiger partial charge is 0.329 e. The Morgan fingerprint density at radius 3 is 2.93 bits per heavy atom. The lowest BCUT2D eigenvalue weighted by Crippen LogP contribution is -1.87. The van der Waals surface area contributed by atoms with Gasteiger partial charge in [0.2, 0.25) is 0 Å². The molecule has 0 unspecified atom stereocenters. The van der Waals surface area contributed by atoms with Gasteiger partial charge in [0.15, 0.2) is 0 Å². The third-order valence-corrected chi connectivity index (χ3v) is 2.80. The van der Waals surface area contributed by atoms with Crippen LogP contribution >= 0.6 is 0 Å². The summed E-state index contributed by atoms with van der Waals surface area (Å²) < 4.78 is 2.14. The van der Waals surface area contributed by atoms with E-state index in [9.17, 15) is 0 Å². The number of benzene rings is 1. The Kier molecular flexibility index (Phi) is 1.29. The van der Waals surface area contributed by atoms with Gasteiger partial charge in [-0.25, -0.2) is 0 Å². The maximum Gasteiger partial charge on any atom is 0.136 e. The first-order valence-corrected chi connectivity index (χ1v) is 4.67. The van der Waals surface area contributed by atoms with Crippen molar-refractivity contribution < 1.29 is 0 Å². The van der Waals surface area contributed by atoms with Gasteiger partial charge in [0.1, 0.15) is 5.65 Å². The van der Waals surface area contributed by atoms with E-state index in [0.717, 1.165) is 11.3 Å². The number of nitrogens with one attached hydrogen (secondary N) is 1. The van der Waals surface area contributed by atoms with E-state index in [1.54, 1.807) is 0 Å². The highest BCUT2D eigenvalue weighted by Crippen LogP contribution is 2.28. The molecule has 0 aliphatic heterocycles. The van der Waals surface area contributed by atoms with Crippen LogP contribution in [0, 0.1) is 6.92 Å². The van der Waals surface area contributed by atoms with Gasteiger partial charge in [-0.2, -0.15) is 5.10 Å². The summed E-state index contributed by atoms with van der Waals surface area (Å²) >= 11 is 0. The molecule has 0 spiro atoms. The molecule has 0 atom stereocenters. The van der Waals surface area contributed by atoms with Crippen LogP contribution in [-0.4, -0.2) is 14.8 Å². The van der Waals surface area contributed by atoms with Crippen molar-refractivity contribution in [3.8, 4) is 0 Å². The van der Waals surface area contributed by atoms with Gasteiger partial charge in [0.25, 0.3) is 0 Å². The Bertz CT molecular complexity index is 616. The number of H-pyrrole nitrogens is 1. The van der Waals surface area contributed by atoms with E-state index in [1.165, 1.54) is 16.3 Å². The van der Waals surface area contributed by atoms with E-state index in [2.05, 4.69) is 46.1 Å². The second kappa shape index (κ2) is 2.38. The lowest BCUT2D eigenvalue weighted by Gasteiger charge is -1.94. The number of aryl methyl sites for hydroxylation is 2. The first-order chi connectivity index (χ1) is 6.79. The maximum absolute atomic E-state index is 4.22. The standard InChI is InChI=1S/C11H11N3/c1-7-10-8-5-3-4-6-9(8)14(2)11(10)13-12-7/h3-6H,1-2H3,(H,12,13). The number of hydrogen-bond donors (Lipinski definition) is 1. The molecule has 0 radical (unpaired) electrons. The minimum absolute atomic E-state index is 1.07. The molecule has 0 aliphatic rings. The lowest BCUT2D eigenvalue weighted by atomic mass is 10.2. The molecule has 14 heavy (non-hydrogen) atoms. The van der Waals surface area contributed by atoms with Crippen LogP contribution in [0.4, 0.5) is 0 Å². The highest BCUT2D eigenvalue weighted by Gasteiger charge is 2.11. The fourth-order valence-corrected chi connectivity index (χ4v) is 2.08. The molecule has 1 aromatic carbocycles. The van der Waals surface area contributed by atoms with Crippen molar-refractivity contribution in [3.05, 3.63) is 30.0 Å². The number of hydrogen-bond acceptors (Lipinski definition) is 1. The van der Waals surface area contributed by atoms with E-state index < -0.39 is 0 Å². The summed E-state index contributed by atoms with van der Waals surface area (Å²) in [6, 6.07) is 8.39. The molecule has 2 aromatic heterocycles. The number of fused-ring (bicyclic) bond motifs is 3. The molecule has 3 nitrogen and oxygen atoms in total. The molecule has 2 heterocycles. The number of aromatic amines is 1. The molecule has 0 amide bonds. The van der Waals surface area contributed by atoms with Crippen molar-refractivity contribution in [2.24, 2.45) is 7.05 Å². The van der Waals surface area contributed by atoms with Crippen LogP contribution in [0.15, 0.2) is 24.3 Å². The maximum atomic E-state index is 4.22. The van der Waals surface area contributed by atoms with Gasteiger partial charge >= 0.3 is 0 Å². The van der Waals surface area contributed by atoms with Crippen molar-refractivity contribution in [2.45, 2.75) is 6.92 Å². The predicted molar refractivity (Wildman–Crippen MR) is 57.3 cm³/mol. The number of para-hydroxylation sites is 1. The Hall–Kier alpha value is -1.77. The monoisotopic (exact) mass is 185 g/mol. The zero-order valence-corrected chi connectivity index (χ0v) is 8.20. The summed E-state index contributed by atoms with van der Waals surface area (Å²) in [4.78, 5) is 0. The van der Waals surface area contributed by atoms with Gasteiger partial charge in [0.05, 0.1) is 11.2 Å². The third-order valence-electron chi connectivity index (χ3n) is 2.80. The van der Waals surface area contributed by atoms with Gasteiger partial charge in [0, 0.05) is 17.8 Å². The summed E-state index contributed by atoms with van der Waals surface area (Å²) in [5.74, 6) is 0.